The van der Waals surface area contributed by atoms with Crippen LogP contribution in [0.5, 0.6) is 0 Å². The first-order valence-electron chi connectivity index (χ1n) is 5.70. The van der Waals surface area contributed by atoms with E-state index < -0.39 is 10.0 Å². The highest BCUT2D eigenvalue weighted by Crippen LogP contribution is 2.18. The summed E-state index contributed by atoms with van der Waals surface area (Å²) in [6, 6.07) is 10.2. The maximum Gasteiger partial charge on any atom is 0.239 e. The van der Waals surface area contributed by atoms with Crippen LogP contribution in [-0.2, 0) is 15.8 Å². The third kappa shape index (κ3) is 3.23. The van der Waals surface area contributed by atoms with Crippen LogP contribution in [0.25, 0.3) is 0 Å². The molecule has 0 saturated heterocycles. The molecular formula is C13H15N3O2S. The fraction of sp³-hybridized carbons (Fsp3) is 0.154. The summed E-state index contributed by atoms with van der Waals surface area (Å²) in [5.41, 5.74) is 7.45. The van der Waals surface area contributed by atoms with E-state index in [2.05, 4.69) is 4.98 Å². The van der Waals surface area contributed by atoms with E-state index in [1.807, 2.05) is 0 Å². The molecule has 0 amide bonds. The first kappa shape index (κ1) is 13.4. The maximum atomic E-state index is 12.3. The number of pyridine rings is 1. The standard InChI is InChI=1S/C13H15N3O2S/c1-16(13-5-7-15-8-6-13)19(17,18)10-11-3-2-4-12(14)9-11/h2-9H,10,14H2,1H3. The molecule has 2 N–H and O–H groups in total. The Morgan fingerprint density at radius 3 is 2.53 bits per heavy atom. The Morgan fingerprint density at radius 1 is 1.21 bits per heavy atom. The minimum Gasteiger partial charge on any atom is -0.399 e. The molecule has 0 aliphatic rings. The highest BCUT2D eigenvalue weighted by Gasteiger charge is 2.19. The molecule has 0 atom stereocenters. The number of benzene rings is 1. The molecule has 0 spiro atoms. The van der Waals surface area contributed by atoms with Crippen LogP contribution in [0.3, 0.4) is 0 Å². The van der Waals surface area contributed by atoms with Gasteiger partial charge in [0.2, 0.25) is 10.0 Å². The Morgan fingerprint density at radius 2 is 1.89 bits per heavy atom. The van der Waals surface area contributed by atoms with Gasteiger partial charge in [0.15, 0.2) is 0 Å². The molecule has 0 radical (unpaired) electrons. The molecule has 2 aromatic rings. The molecule has 1 heterocycles. The number of anilines is 2. The summed E-state index contributed by atoms with van der Waals surface area (Å²) >= 11 is 0. The second-order valence-electron chi connectivity index (χ2n) is 4.17. The molecule has 0 saturated carbocycles. The zero-order chi connectivity index (χ0) is 13.9. The lowest BCUT2D eigenvalue weighted by molar-refractivity contribution is 0.593. The van der Waals surface area contributed by atoms with Crippen molar-refractivity contribution in [1.82, 2.24) is 4.98 Å². The summed E-state index contributed by atoms with van der Waals surface area (Å²) < 4.78 is 25.8. The van der Waals surface area contributed by atoms with E-state index in [4.69, 9.17) is 5.73 Å². The van der Waals surface area contributed by atoms with Crippen LogP contribution in [0, 0.1) is 0 Å². The summed E-state index contributed by atoms with van der Waals surface area (Å²) in [6.07, 6.45) is 3.11. The number of nitrogens with two attached hydrogens (primary N) is 1. The van der Waals surface area contributed by atoms with E-state index in [0.717, 1.165) is 0 Å². The van der Waals surface area contributed by atoms with Crippen molar-refractivity contribution >= 4 is 21.4 Å². The summed E-state index contributed by atoms with van der Waals surface area (Å²) in [5.74, 6) is -0.0864. The van der Waals surface area contributed by atoms with E-state index in [9.17, 15) is 8.42 Å². The third-order valence-electron chi connectivity index (χ3n) is 2.74. The first-order valence-corrected chi connectivity index (χ1v) is 7.31. The highest BCUT2D eigenvalue weighted by atomic mass is 32.2. The van der Waals surface area contributed by atoms with E-state index in [1.165, 1.54) is 11.4 Å². The SMILES string of the molecule is CN(c1ccncc1)S(=O)(=O)Cc1cccc(N)c1. The van der Waals surface area contributed by atoms with Gasteiger partial charge in [0, 0.05) is 25.1 Å². The Labute approximate surface area is 112 Å². The Kier molecular flexibility index (Phi) is 3.71. The minimum absolute atomic E-state index is 0.0864. The molecule has 0 unspecified atom stereocenters. The van der Waals surface area contributed by atoms with E-state index in [0.29, 0.717) is 16.9 Å². The molecule has 0 fully saturated rings. The second kappa shape index (κ2) is 5.27. The van der Waals surface area contributed by atoms with Crippen molar-refractivity contribution in [2.45, 2.75) is 5.75 Å². The minimum atomic E-state index is -3.43. The van der Waals surface area contributed by atoms with Crippen LogP contribution in [-0.4, -0.2) is 20.4 Å². The van der Waals surface area contributed by atoms with E-state index >= 15 is 0 Å². The van der Waals surface area contributed by atoms with Crippen molar-refractivity contribution in [2.24, 2.45) is 0 Å². The molecule has 5 nitrogen and oxygen atoms in total. The quantitative estimate of drug-likeness (QED) is 0.862. The molecule has 0 aliphatic heterocycles. The molecule has 2 rings (SSSR count). The van der Waals surface area contributed by atoms with Gasteiger partial charge in [-0.3, -0.25) is 9.29 Å². The van der Waals surface area contributed by atoms with Crippen molar-refractivity contribution < 1.29 is 8.42 Å². The van der Waals surface area contributed by atoms with E-state index in [-0.39, 0.29) is 5.75 Å². The molecule has 19 heavy (non-hydrogen) atoms. The molecule has 0 bridgehead atoms. The van der Waals surface area contributed by atoms with Gasteiger partial charge in [0.05, 0.1) is 11.4 Å². The van der Waals surface area contributed by atoms with Crippen LogP contribution >= 0.6 is 0 Å². The Bertz CT molecular complexity index is 657. The average Bonchev–Trinajstić information content (AvgIpc) is 2.38. The van der Waals surface area contributed by atoms with Gasteiger partial charge in [-0.15, -0.1) is 0 Å². The Balaban J connectivity index is 2.24. The molecule has 100 valence electrons. The van der Waals surface area contributed by atoms with Crippen LogP contribution < -0.4 is 10.0 Å². The van der Waals surface area contributed by atoms with Crippen LogP contribution in [0.15, 0.2) is 48.8 Å². The number of hydrogen-bond donors (Lipinski definition) is 1. The van der Waals surface area contributed by atoms with Crippen LogP contribution in [0.2, 0.25) is 0 Å². The van der Waals surface area contributed by atoms with Gasteiger partial charge in [0.25, 0.3) is 0 Å². The van der Waals surface area contributed by atoms with Crippen molar-refractivity contribution in [2.75, 3.05) is 17.1 Å². The van der Waals surface area contributed by atoms with Gasteiger partial charge in [0.1, 0.15) is 0 Å². The number of nitrogens with zero attached hydrogens (tertiary/aromatic N) is 2. The predicted octanol–water partition coefficient (Wildman–Crippen LogP) is 1.63. The molecule has 1 aromatic heterocycles. The highest BCUT2D eigenvalue weighted by molar-refractivity contribution is 7.92. The van der Waals surface area contributed by atoms with Gasteiger partial charge in [-0.25, -0.2) is 8.42 Å². The Hall–Kier alpha value is -2.08. The normalized spacial score (nSPS) is 11.2. The van der Waals surface area contributed by atoms with Gasteiger partial charge in [-0.2, -0.15) is 0 Å². The van der Waals surface area contributed by atoms with Crippen LogP contribution in [0.4, 0.5) is 11.4 Å². The second-order valence-corrected chi connectivity index (χ2v) is 6.17. The molecular weight excluding hydrogens is 262 g/mol. The number of nitrogen functional groups attached to an aromatic ring is 1. The summed E-state index contributed by atoms with van der Waals surface area (Å²) in [4.78, 5) is 3.87. The lowest BCUT2D eigenvalue weighted by Gasteiger charge is -2.19. The smallest absolute Gasteiger partial charge is 0.239 e. The van der Waals surface area contributed by atoms with Crippen LogP contribution in [0.1, 0.15) is 5.56 Å². The summed E-state index contributed by atoms with van der Waals surface area (Å²) in [7, 11) is -1.91. The van der Waals surface area contributed by atoms with Gasteiger partial charge >= 0.3 is 0 Å². The third-order valence-corrected chi connectivity index (χ3v) is 4.49. The molecule has 1 aromatic carbocycles. The maximum absolute atomic E-state index is 12.3. The summed E-state index contributed by atoms with van der Waals surface area (Å²) in [5, 5.41) is 0. The molecule has 6 heteroatoms. The van der Waals surface area contributed by atoms with Crippen molar-refractivity contribution in [3.8, 4) is 0 Å². The fourth-order valence-corrected chi connectivity index (χ4v) is 2.94. The number of aromatic nitrogens is 1. The zero-order valence-corrected chi connectivity index (χ0v) is 11.3. The average molecular weight is 277 g/mol. The largest absolute Gasteiger partial charge is 0.399 e. The topological polar surface area (TPSA) is 76.3 Å². The monoisotopic (exact) mass is 277 g/mol. The molecule has 0 aliphatic carbocycles. The fourth-order valence-electron chi connectivity index (χ4n) is 1.70. The van der Waals surface area contributed by atoms with Gasteiger partial charge in [-0.05, 0) is 29.8 Å². The predicted molar refractivity (Wildman–Crippen MR) is 76.1 cm³/mol. The lowest BCUT2D eigenvalue weighted by Crippen LogP contribution is -2.27. The number of rotatable bonds is 4. The van der Waals surface area contributed by atoms with Gasteiger partial charge in [-0.1, -0.05) is 12.1 Å². The summed E-state index contributed by atoms with van der Waals surface area (Å²) in [6.45, 7) is 0. The zero-order valence-electron chi connectivity index (χ0n) is 10.5. The van der Waals surface area contributed by atoms with Crippen molar-refractivity contribution in [3.63, 3.8) is 0 Å². The first-order chi connectivity index (χ1) is 8.99. The van der Waals surface area contributed by atoms with Gasteiger partial charge < -0.3 is 5.73 Å². The van der Waals surface area contributed by atoms with E-state index in [1.54, 1.807) is 48.8 Å². The van der Waals surface area contributed by atoms with Crippen molar-refractivity contribution in [1.29, 1.82) is 0 Å². The van der Waals surface area contributed by atoms with Crippen molar-refractivity contribution in [3.05, 3.63) is 54.4 Å². The lowest BCUT2D eigenvalue weighted by atomic mass is 10.2. The number of hydrogen-bond acceptors (Lipinski definition) is 4. The number of sulfonamides is 1.